The van der Waals surface area contributed by atoms with Crippen LogP contribution in [0, 0.1) is 0 Å². The maximum atomic E-state index is 12.5. The quantitative estimate of drug-likeness (QED) is 0.754. The molecule has 6 nitrogen and oxygen atoms in total. The summed E-state index contributed by atoms with van der Waals surface area (Å²) in [5.41, 5.74) is 2.40. The monoisotopic (exact) mass is 360 g/mol. The highest BCUT2D eigenvalue weighted by Crippen LogP contribution is 2.23. The van der Waals surface area contributed by atoms with Crippen molar-refractivity contribution in [2.24, 2.45) is 0 Å². The Bertz CT molecular complexity index is 1060. The van der Waals surface area contributed by atoms with E-state index in [9.17, 15) is 13.2 Å². The van der Waals surface area contributed by atoms with E-state index in [1.54, 1.807) is 24.3 Å². The summed E-state index contributed by atoms with van der Waals surface area (Å²) in [7, 11) is -3.71. The summed E-state index contributed by atoms with van der Waals surface area (Å²) in [6.07, 6.45) is 0. The van der Waals surface area contributed by atoms with E-state index in [1.807, 2.05) is 32.9 Å². The molecule has 0 fully saturated rings. The Morgan fingerprint density at radius 1 is 1.12 bits per heavy atom. The number of aromatic nitrogens is 1. The van der Waals surface area contributed by atoms with Gasteiger partial charge in [0, 0.05) is 12.6 Å². The summed E-state index contributed by atoms with van der Waals surface area (Å²) < 4.78 is 34.2. The van der Waals surface area contributed by atoms with Crippen LogP contribution in [-0.2, 0) is 16.6 Å². The molecule has 1 N–H and O–H groups in total. The van der Waals surface area contributed by atoms with Gasteiger partial charge in [-0.3, -0.25) is 9.29 Å². The summed E-state index contributed by atoms with van der Waals surface area (Å²) in [5, 5.41) is 0. The molecule has 0 aliphatic rings. The second kappa shape index (κ2) is 6.40. The van der Waals surface area contributed by atoms with Crippen LogP contribution in [0.3, 0.4) is 0 Å². The lowest BCUT2D eigenvalue weighted by Crippen LogP contribution is -2.13. The Morgan fingerprint density at radius 2 is 1.80 bits per heavy atom. The number of nitrogens with one attached hydrogen (secondary N) is 1. The molecule has 0 unspecified atom stereocenters. The van der Waals surface area contributed by atoms with Crippen molar-refractivity contribution in [1.29, 1.82) is 0 Å². The van der Waals surface area contributed by atoms with Crippen molar-refractivity contribution in [3.63, 3.8) is 0 Å². The van der Waals surface area contributed by atoms with Crippen LogP contribution in [0.25, 0.3) is 11.1 Å². The van der Waals surface area contributed by atoms with Gasteiger partial charge in [-0.15, -0.1) is 0 Å². The van der Waals surface area contributed by atoms with E-state index < -0.39 is 15.8 Å². The minimum Gasteiger partial charge on any atom is -0.408 e. The van der Waals surface area contributed by atoms with Crippen molar-refractivity contribution in [1.82, 2.24) is 4.57 Å². The van der Waals surface area contributed by atoms with Crippen LogP contribution in [0.1, 0.15) is 32.3 Å². The van der Waals surface area contributed by atoms with E-state index in [-0.39, 0.29) is 4.90 Å². The number of nitrogens with zero attached hydrogens (tertiary/aromatic N) is 1. The fourth-order valence-corrected chi connectivity index (χ4v) is 3.72. The molecule has 0 aliphatic heterocycles. The van der Waals surface area contributed by atoms with Crippen LogP contribution in [0.4, 0.5) is 5.69 Å². The molecule has 0 amide bonds. The van der Waals surface area contributed by atoms with Crippen molar-refractivity contribution in [2.75, 3.05) is 4.72 Å². The lowest BCUT2D eigenvalue weighted by molar-refractivity contribution is 0.513. The predicted octanol–water partition coefficient (Wildman–Crippen LogP) is 3.54. The van der Waals surface area contributed by atoms with E-state index >= 15 is 0 Å². The minimum absolute atomic E-state index is 0.185. The van der Waals surface area contributed by atoms with Gasteiger partial charge in [-0.05, 0) is 42.7 Å². The first kappa shape index (κ1) is 17.3. The first-order chi connectivity index (χ1) is 11.8. The fraction of sp³-hybridized carbons (Fsp3) is 0.278. The number of benzene rings is 2. The number of sulfonamides is 1. The third-order valence-corrected chi connectivity index (χ3v) is 5.49. The van der Waals surface area contributed by atoms with Crippen molar-refractivity contribution in [2.45, 2.75) is 38.1 Å². The van der Waals surface area contributed by atoms with E-state index in [2.05, 4.69) is 4.72 Å². The molecule has 0 saturated heterocycles. The van der Waals surface area contributed by atoms with E-state index in [1.165, 1.54) is 10.6 Å². The smallest absolute Gasteiger partial charge is 0.408 e. The van der Waals surface area contributed by atoms with E-state index in [0.29, 0.717) is 29.2 Å². The van der Waals surface area contributed by atoms with Crippen molar-refractivity contribution in [3.8, 4) is 0 Å². The minimum atomic E-state index is -3.71. The zero-order chi connectivity index (χ0) is 18.2. The number of rotatable bonds is 5. The van der Waals surface area contributed by atoms with Gasteiger partial charge in [-0.1, -0.05) is 26.0 Å². The molecule has 1 heterocycles. The molecule has 7 heteroatoms. The lowest BCUT2D eigenvalue weighted by atomic mass is 10.0. The Balaban J connectivity index is 1.92. The Kier molecular flexibility index (Phi) is 4.43. The van der Waals surface area contributed by atoms with Crippen LogP contribution >= 0.6 is 0 Å². The largest absolute Gasteiger partial charge is 0.419 e. The molecule has 0 bridgehead atoms. The fourth-order valence-electron chi connectivity index (χ4n) is 2.68. The molecule has 132 valence electrons. The van der Waals surface area contributed by atoms with Gasteiger partial charge in [0.15, 0.2) is 5.58 Å². The van der Waals surface area contributed by atoms with Gasteiger partial charge < -0.3 is 4.42 Å². The first-order valence-corrected chi connectivity index (χ1v) is 9.56. The second-order valence-corrected chi connectivity index (χ2v) is 7.81. The second-order valence-electron chi connectivity index (χ2n) is 6.12. The molecule has 0 radical (unpaired) electrons. The maximum Gasteiger partial charge on any atom is 0.419 e. The molecule has 3 rings (SSSR count). The van der Waals surface area contributed by atoms with Gasteiger partial charge in [-0.25, -0.2) is 13.2 Å². The zero-order valence-electron chi connectivity index (χ0n) is 14.3. The van der Waals surface area contributed by atoms with E-state index in [0.717, 1.165) is 5.56 Å². The normalized spacial score (nSPS) is 12.0. The Morgan fingerprint density at radius 3 is 2.40 bits per heavy atom. The molecular formula is C18H20N2O4S. The summed E-state index contributed by atoms with van der Waals surface area (Å²) in [6, 6.07) is 11.6. The topological polar surface area (TPSA) is 81.3 Å². The van der Waals surface area contributed by atoms with Gasteiger partial charge in [-0.2, -0.15) is 0 Å². The Hall–Kier alpha value is -2.54. The van der Waals surface area contributed by atoms with Gasteiger partial charge in [0.2, 0.25) is 0 Å². The highest BCUT2D eigenvalue weighted by atomic mass is 32.2. The molecule has 3 aromatic rings. The molecule has 0 spiro atoms. The van der Waals surface area contributed by atoms with Crippen LogP contribution < -0.4 is 10.5 Å². The summed E-state index contributed by atoms with van der Waals surface area (Å²) in [6.45, 7) is 6.42. The number of fused-ring (bicyclic) bond motifs is 1. The maximum absolute atomic E-state index is 12.5. The van der Waals surface area contributed by atoms with Crippen LogP contribution in [0.5, 0.6) is 0 Å². The van der Waals surface area contributed by atoms with Crippen LogP contribution in [-0.4, -0.2) is 13.0 Å². The zero-order valence-corrected chi connectivity index (χ0v) is 15.1. The van der Waals surface area contributed by atoms with Gasteiger partial charge >= 0.3 is 5.76 Å². The van der Waals surface area contributed by atoms with Crippen LogP contribution in [0.15, 0.2) is 56.6 Å². The number of anilines is 1. The molecule has 0 aliphatic carbocycles. The summed E-state index contributed by atoms with van der Waals surface area (Å²) in [4.78, 5) is 11.9. The molecule has 2 aromatic carbocycles. The SMILES string of the molecule is CCn1c(=O)oc2cc(NS(=O)(=O)c3ccc(C(C)C)cc3)ccc21. The van der Waals surface area contributed by atoms with Gasteiger partial charge in [0.05, 0.1) is 16.1 Å². The van der Waals surface area contributed by atoms with Crippen molar-refractivity contribution >= 4 is 26.8 Å². The standard InChI is InChI=1S/C18H20N2O4S/c1-4-20-16-10-7-14(11-17(16)24-18(20)21)19-25(22,23)15-8-5-13(6-9-15)12(2)3/h5-12,19H,4H2,1-3H3. The Labute approximate surface area is 146 Å². The average molecular weight is 360 g/mol. The summed E-state index contributed by atoms with van der Waals surface area (Å²) in [5.74, 6) is -0.126. The predicted molar refractivity (Wildman–Crippen MR) is 97.5 cm³/mol. The molecule has 25 heavy (non-hydrogen) atoms. The van der Waals surface area contributed by atoms with Gasteiger partial charge in [0.25, 0.3) is 10.0 Å². The summed E-state index contributed by atoms with van der Waals surface area (Å²) >= 11 is 0. The average Bonchev–Trinajstić information content (AvgIpc) is 2.88. The molecule has 1 aromatic heterocycles. The number of hydrogen-bond acceptors (Lipinski definition) is 4. The number of aryl methyl sites for hydroxylation is 1. The number of oxazole rings is 1. The van der Waals surface area contributed by atoms with E-state index in [4.69, 9.17) is 4.42 Å². The number of hydrogen-bond donors (Lipinski definition) is 1. The lowest BCUT2D eigenvalue weighted by Gasteiger charge is -2.10. The first-order valence-electron chi connectivity index (χ1n) is 8.08. The highest BCUT2D eigenvalue weighted by molar-refractivity contribution is 7.92. The third kappa shape index (κ3) is 3.32. The highest BCUT2D eigenvalue weighted by Gasteiger charge is 2.16. The molecular weight excluding hydrogens is 340 g/mol. The third-order valence-electron chi connectivity index (χ3n) is 4.09. The van der Waals surface area contributed by atoms with Gasteiger partial charge in [0.1, 0.15) is 0 Å². The van der Waals surface area contributed by atoms with Crippen molar-refractivity contribution in [3.05, 3.63) is 58.6 Å². The molecule has 0 atom stereocenters. The van der Waals surface area contributed by atoms with Crippen molar-refractivity contribution < 1.29 is 12.8 Å². The molecule has 0 saturated carbocycles. The van der Waals surface area contributed by atoms with Crippen LogP contribution in [0.2, 0.25) is 0 Å².